The third-order valence-corrected chi connectivity index (χ3v) is 5.67. The normalized spacial score (nSPS) is 20.1. The molecule has 1 aromatic heterocycles. The second kappa shape index (κ2) is 8.11. The van der Waals surface area contributed by atoms with Gasteiger partial charge in [-0.3, -0.25) is 14.2 Å². The van der Waals surface area contributed by atoms with Crippen molar-refractivity contribution < 1.29 is 4.79 Å². The highest BCUT2D eigenvalue weighted by Crippen LogP contribution is 2.23. The van der Waals surface area contributed by atoms with Gasteiger partial charge in [0.05, 0.1) is 11.0 Å². The van der Waals surface area contributed by atoms with Crippen molar-refractivity contribution in [2.75, 3.05) is 18.0 Å². The predicted octanol–water partition coefficient (Wildman–Crippen LogP) is 3.03. The molecule has 146 valence electrons. The molecule has 27 heavy (non-hydrogen) atoms. The number of carbonyl (C=O) groups is 1. The molecule has 0 radical (unpaired) electrons. The lowest BCUT2D eigenvalue weighted by atomic mass is 9.97. The van der Waals surface area contributed by atoms with Gasteiger partial charge in [-0.1, -0.05) is 12.1 Å². The Hall–Kier alpha value is -2.37. The molecule has 1 saturated heterocycles. The smallest absolute Gasteiger partial charge is 0.294 e. The second-order valence-electron chi connectivity index (χ2n) is 7.42. The van der Waals surface area contributed by atoms with Gasteiger partial charge in [0.2, 0.25) is 5.91 Å². The van der Waals surface area contributed by atoms with Crippen LogP contribution in [-0.4, -0.2) is 45.5 Å². The van der Waals surface area contributed by atoms with Gasteiger partial charge in [0, 0.05) is 25.2 Å². The topological polar surface area (TPSA) is 58.4 Å². The van der Waals surface area contributed by atoms with E-state index in [0.29, 0.717) is 24.4 Å². The molecule has 2 atom stereocenters. The average molecular weight is 370 g/mol. The summed E-state index contributed by atoms with van der Waals surface area (Å²) in [6.07, 6.45) is 3.19. The number of rotatable bonds is 5. The molecule has 0 unspecified atom stereocenters. The molecule has 0 bridgehead atoms. The number of benzene rings is 1. The van der Waals surface area contributed by atoms with Crippen molar-refractivity contribution in [1.82, 2.24) is 14.5 Å². The van der Waals surface area contributed by atoms with Crippen molar-refractivity contribution in [2.45, 2.75) is 65.6 Å². The Kier molecular flexibility index (Phi) is 5.82. The summed E-state index contributed by atoms with van der Waals surface area (Å²) in [6, 6.07) is 7.99. The number of fused-ring (bicyclic) bond motifs is 1. The fraction of sp³-hybridized carbons (Fsp3) is 0.571. The number of piperidine rings is 1. The number of hydrogen-bond acceptors (Lipinski definition) is 4. The number of hydrogen-bond donors (Lipinski definition) is 0. The van der Waals surface area contributed by atoms with Crippen LogP contribution in [0.5, 0.6) is 0 Å². The zero-order valence-electron chi connectivity index (χ0n) is 16.8. The zero-order chi connectivity index (χ0) is 19.6. The summed E-state index contributed by atoms with van der Waals surface area (Å²) in [5.74, 6) is 0.435. The Morgan fingerprint density at radius 1 is 1.15 bits per heavy atom. The highest BCUT2D eigenvalue weighted by molar-refractivity contribution is 5.81. The number of anilines is 1. The summed E-state index contributed by atoms with van der Waals surface area (Å²) in [5.41, 5.74) is 1.26. The van der Waals surface area contributed by atoms with Crippen molar-refractivity contribution in [3.8, 4) is 0 Å². The van der Waals surface area contributed by atoms with Crippen LogP contribution < -0.4 is 10.5 Å². The Balaban J connectivity index is 2.06. The van der Waals surface area contributed by atoms with Crippen molar-refractivity contribution in [2.24, 2.45) is 0 Å². The lowest BCUT2D eigenvalue weighted by Gasteiger charge is -2.39. The predicted molar refractivity (Wildman–Crippen MR) is 109 cm³/mol. The molecule has 0 spiro atoms. The van der Waals surface area contributed by atoms with Gasteiger partial charge in [-0.15, -0.1) is 0 Å². The van der Waals surface area contributed by atoms with Gasteiger partial charge in [-0.05, 0) is 59.1 Å². The van der Waals surface area contributed by atoms with Gasteiger partial charge < -0.3 is 9.80 Å². The first-order valence-electron chi connectivity index (χ1n) is 10.0. The van der Waals surface area contributed by atoms with Crippen LogP contribution in [0.15, 0.2) is 29.1 Å². The summed E-state index contributed by atoms with van der Waals surface area (Å²) in [4.78, 5) is 34.8. The minimum absolute atomic E-state index is 0.0126. The number of aromatic nitrogens is 2. The van der Waals surface area contributed by atoms with Gasteiger partial charge >= 0.3 is 0 Å². The van der Waals surface area contributed by atoms with Gasteiger partial charge in [0.15, 0.2) is 5.82 Å². The number of amides is 1. The van der Waals surface area contributed by atoms with Crippen molar-refractivity contribution in [3.05, 3.63) is 34.6 Å². The SMILES string of the molecule is CCN(CC)c1nc2ccccc2n(CC(=O)N2[C@H](C)CCC[C@H]2C)c1=O. The van der Waals surface area contributed by atoms with Crippen LogP contribution in [0, 0.1) is 0 Å². The molecule has 2 heterocycles. The van der Waals surface area contributed by atoms with Crippen molar-refractivity contribution in [1.29, 1.82) is 0 Å². The summed E-state index contributed by atoms with van der Waals surface area (Å²) < 4.78 is 1.60. The quantitative estimate of drug-likeness (QED) is 0.812. The summed E-state index contributed by atoms with van der Waals surface area (Å²) in [5, 5.41) is 0. The fourth-order valence-corrected chi connectivity index (χ4v) is 4.19. The molecule has 0 aliphatic carbocycles. The molecule has 0 saturated carbocycles. The van der Waals surface area contributed by atoms with E-state index in [0.717, 1.165) is 24.8 Å². The van der Waals surface area contributed by atoms with E-state index in [1.54, 1.807) is 4.57 Å². The van der Waals surface area contributed by atoms with E-state index in [2.05, 4.69) is 18.8 Å². The maximum absolute atomic E-state index is 13.2. The summed E-state index contributed by atoms with van der Waals surface area (Å²) >= 11 is 0. The van der Waals surface area contributed by atoms with Crippen LogP contribution >= 0.6 is 0 Å². The highest BCUT2D eigenvalue weighted by Gasteiger charge is 2.29. The fourth-order valence-electron chi connectivity index (χ4n) is 4.19. The second-order valence-corrected chi connectivity index (χ2v) is 7.42. The van der Waals surface area contributed by atoms with Crippen LogP contribution in [-0.2, 0) is 11.3 Å². The van der Waals surface area contributed by atoms with Gasteiger partial charge in [0.1, 0.15) is 6.54 Å². The minimum Gasteiger partial charge on any atom is -0.353 e. The Morgan fingerprint density at radius 2 is 1.78 bits per heavy atom. The van der Waals surface area contributed by atoms with Gasteiger partial charge in [-0.25, -0.2) is 4.98 Å². The highest BCUT2D eigenvalue weighted by atomic mass is 16.2. The van der Waals surface area contributed by atoms with Crippen molar-refractivity contribution >= 4 is 22.8 Å². The molecule has 0 N–H and O–H groups in total. The molecular weight excluding hydrogens is 340 g/mol. The molecular formula is C21H30N4O2. The molecule has 2 aromatic rings. The monoisotopic (exact) mass is 370 g/mol. The standard InChI is InChI=1S/C21H30N4O2/c1-5-23(6-2)20-21(27)24(18-13-8-7-12-17(18)22-20)14-19(26)25-15(3)10-9-11-16(25)4/h7-8,12-13,15-16H,5-6,9-11,14H2,1-4H3/t15-,16-/m1/s1. The first-order chi connectivity index (χ1) is 13.0. The number of likely N-dealkylation sites (tertiary alicyclic amines) is 1. The van der Waals surface area contributed by atoms with E-state index in [9.17, 15) is 9.59 Å². The molecule has 1 aliphatic heterocycles. The molecule has 6 nitrogen and oxygen atoms in total. The minimum atomic E-state index is -0.192. The van der Waals surface area contributed by atoms with E-state index >= 15 is 0 Å². The molecule has 1 aromatic carbocycles. The number of nitrogens with zero attached hydrogens (tertiary/aromatic N) is 4. The first-order valence-corrected chi connectivity index (χ1v) is 10.0. The van der Waals surface area contributed by atoms with Crippen LogP contribution in [0.25, 0.3) is 11.0 Å². The summed E-state index contributed by atoms with van der Waals surface area (Å²) in [6.45, 7) is 9.67. The van der Waals surface area contributed by atoms with Crippen LogP contribution in [0.3, 0.4) is 0 Å². The third kappa shape index (κ3) is 3.70. The maximum Gasteiger partial charge on any atom is 0.294 e. The molecule has 1 fully saturated rings. The van der Waals surface area contributed by atoms with Crippen LogP contribution in [0.4, 0.5) is 5.82 Å². The summed E-state index contributed by atoms with van der Waals surface area (Å²) in [7, 11) is 0. The van der Waals surface area contributed by atoms with Gasteiger partial charge in [0.25, 0.3) is 5.56 Å². The van der Waals surface area contributed by atoms with Crippen LogP contribution in [0.1, 0.15) is 47.0 Å². The van der Waals surface area contributed by atoms with Gasteiger partial charge in [-0.2, -0.15) is 0 Å². The Morgan fingerprint density at radius 3 is 2.41 bits per heavy atom. The maximum atomic E-state index is 13.2. The largest absolute Gasteiger partial charge is 0.353 e. The van der Waals surface area contributed by atoms with E-state index in [1.165, 1.54) is 0 Å². The van der Waals surface area contributed by atoms with E-state index < -0.39 is 0 Å². The average Bonchev–Trinajstić information content (AvgIpc) is 2.65. The van der Waals surface area contributed by atoms with Crippen LogP contribution in [0.2, 0.25) is 0 Å². The molecule has 1 amide bonds. The molecule has 3 rings (SSSR count). The number of carbonyl (C=O) groups excluding carboxylic acids is 1. The van der Waals surface area contributed by atoms with Crippen molar-refractivity contribution in [3.63, 3.8) is 0 Å². The first kappa shape index (κ1) is 19.4. The molecule has 6 heteroatoms. The van der Waals surface area contributed by atoms with E-state index in [4.69, 9.17) is 0 Å². The third-order valence-electron chi connectivity index (χ3n) is 5.67. The van der Waals surface area contributed by atoms with E-state index in [-0.39, 0.29) is 30.1 Å². The Labute approximate surface area is 160 Å². The molecule has 1 aliphatic rings. The Bertz CT molecular complexity index is 862. The zero-order valence-corrected chi connectivity index (χ0v) is 16.8. The number of para-hydroxylation sites is 2. The van der Waals surface area contributed by atoms with E-state index in [1.807, 2.05) is 47.9 Å². The lowest BCUT2D eigenvalue weighted by molar-refractivity contribution is -0.137. The lowest BCUT2D eigenvalue weighted by Crippen LogP contribution is -2.49.